The number of nitrogens with one attached hydrogen (secondary N) is 1. The van der Waals surface area contributed by atoms with E-state index in [0.29, 0.717) is 36.7 Å². The van der Waals surface area contributed by atoms with Crippen LogP contribution < -0.4 is 5.32 Å². The van der Waals surface area contributed by atoms with Gasteiger partial charge in [-0.3, -0.25) is 4.79 Å². The number of sulfone groups is 1. The molecule has 2 heterocycles. The molecule has 0 spiro atoms. The molecule has 0 saturated carbocycles. The van der Waals surface area contributed by atoms with Gasteiger partial charge in [0.05, 0.1) is 11.5 Å². The molecule has 1 unspecified atom stereocenters. The minimum Gasteiger partial charge on any atom is -0.353 e. The van der Waals surface area contributed by atoms with Gasteiger partial charge in [-0.1, -0.05) is 0 Å². The molecule has 1 atom stereocenters. The number of hydrogen-bond donors (Lipinski definition) is 1. The molecule has 5 heteroatoms. The molecule has 1 amide bonds. The number of hydrogen-bond acceptors (Lipinski definition) is 3. The molecule has 2 fully saturated rings. The summed E-state index contributed by atoms with van der Waals surface area (Å²) >= 11 is 0. The maximum Gasteiger partial charge on any atom is 0.220 e. The van der Waals surface area contributed by atoms with Gasteiger partial charge < -0.3 is 5.32 Å². The van der Waals surface area contributed by atoms with Crippen molar-refractivity contribution in [3.8, 4) is 0 Å². The van der Waals surface area contributed by atoms with Gasteiger partial charge in [0.2, 0.25) is 5.91 Å². The standard InChI is InChI=1S/C9H15NO3S/c11-9-2-1-8(10-9)7-3-5-14(12,13)6-4-7/h7-8H,1-6H2,(H,10,11). The fourth-order valence-corrected chi connectivity index (χ4v) is 3.83. The highest BCUT2D eigenvalue weighted by Crippen LogP contribution is 2.26. The predicted octanol–water partition coefficient (Wildman–Crippen LogP) is 0.0898. The van der Waals surface area contributed by atoms with E-state index in [1.807, 2.05) is 0 Å². The van der Waals surface area contributed by atoms with E-state index in [0.717, 1.165) is 6.42 Å². The van der Waals surface area contributed by atoms with Gasteiger partial charge >= 0.3 is 0 Å². The van der Waals surface area contributed by atoms with Gasteiger partial charge in [-0.05, 0) is 25.2 Å². The van der Waals surface area contributed by atoms with E-state index in [9.17, 15) is 13.2 Å². The number of carbonyl (C=O) groups excluding carboxylic acids is 1. The molecule has 0 radical (unpaired) electrons. The summed E-state index contributed by atoms with van der Waals surface area (Å²) < 4.78 is 22.4. The van der Waals surface area contributed by atoms with Crippen molar-refractivity contribution in [2.24, 2.45) is 5.92 Å². The summed E-state index contributed by atoms with van der Waals surface area (Å²) in [6, 6.07) is 0.234. The summed E-state index contributed by atoms with van der Waals surface area (Å²) in [5, 5.41) is 2.92. The topological polar surface area (TPSA) is 63.2 Å². The second-order valence-corrected chi connectivity index (χ2v) is 6.51. The Morgan fingerprint density at radius 3 is 2.29 bits per heavy atom. The smallest absolute Gasteiger partial charge is 0.220 e. The van der Waals surface area contributed by atoms with Gasteiger partial charge in [0.1, 0.15) is 9.84 Å². The first-order chi connectivity index (χ1) is 6.57. The Bertz CT molecular complexity index is 322. The third kappa shape index (κ3) is 2.08. The van der Waals surface area contributed by atoms with Crippen LogP contribution in [0.4, 0.5) is 0 Å². The van der Waals surface area contributed by atoms with Gasteiger partial charge in [-0.15, -0.1) is 0 Å². The third-order valence-electron chi connectivity index (χ3n) is 3.20. The second-order valence-electron chi connectivity index (χ2n) is 4.20. The quantitative estimate of drug-likeness (QED) is 0.677. The zero-order valence-corrected chi connectivity index (χ0v) is 8.85. The zero-order chi connectivity index (χ0) is 10.2. The Labute approximate surface area is 84.0 Å². The van der Waals surface area contributed by atoms with Crippen molar-refractivity contribution in [1.82, 2.24) is 5.32 Å². The molecule has 0 aromatic heterocycles. The summed E-state index contributed by atoms with van der Waals surface area (Å²) in [6.07, 6.45) is 2.91. The summed E-state index contributed by atoms with van der Waals surface area (Å²) in [5.41, 5.74) is 0. The van der Waals surface area contributed by atoms with Crippen molar-refractivity contribution < 1.29 is 13.2 Å². The molecule has 0 bridgehead atoms. The van der Waals surface area contributed by atoms with Gasteiger partial charge in [-0.2, -0.15) is 0 Å². The van der Waals surface area contributed by atoms with Crippen LogP contribution >= 0.6 is 0 Å². The average molecular weight is 217 g/mol. The Morgan fingerprint density at radius 2 is 1.79 bits per heavy atom. The van der Waals surface area contributed by atoms with E-state index in [1.165, 1.54) is 0 Å². The van der Waals surface area contributed by atoms with Crippen molar-refractivity contribution in [1.29, 1.82) is 0 Å². The molecule has 0 aromatic rings. The third-order valence-corrected chi connectivity index (χ3v) is 4.91. The van der Waals surface area contributed by atoms with Crippen molar-refractivity contribution in [2.75, 3.05) is 11.5 Å². The molecule has 0 aliphatic carbocycles. The first-order valence-electron chi connectivity index (χ1n) is 5.07. The van der Waals surface area contributed by atoms with Gasteiger partial charge in [0.25, 0.3) is 0 Å². The van der Waals surface area contributed by atoms with Crippen molar-refractivity contribution in [2.45, 2.75) is 31.7 Å². The first kappa shape index (κ1) is 9.96. The van der Waals surface area contributed by atoms with E-state index in [-0.39, 0.29) is 11.9 Å². The van der Waals surface area contributed by atoms with Crippen LogP contribution in [-0.4, -0.2) is 31.9 Å². The van der Waals surface area contributed by atoms with Crippen LogP contribution in [0, 0.1) is 5.92 Å². The molecule has 2 aliphatic rings. The fourth-order valence-electron chi connectivity index (χ4n) is 2.30. The lowest BCUT2D eigenvalue weighted by Gasteiger charge is -2.26. The Hall–Kier alpha value is -0.580. The molecule has 1 N–H and O–H groups in total. The summed E-state index contributed by atoms with van der Waals surface area (Å²) in [6.45, 7) is 0. The van der Waals surface area contributed by atoms with Crippen LogP contribution in [0.2, 0.25) is 0 Å². The highest BCUT2D eigenvalue weighted by Gasteiger charge is 2.33. The summed E-state index contributed by atoms with van der Waals surface area (Å²) in [4.78, 5) is 11.0. The van der Waals surface area contributed by atoms with E-state index in [2.05, 4.69) is 5.32 Å². The minimum atomic E-state index is -2.77. The normalized spacial score (nSPS) is 32.9. The van der Waals surface area contributed by atoms with Gasteiger partial charge in [0.15, 0.2) is 0 Å². The van der Waals surface area contributed by atoms with E-state index in [1.54, 1.807) is 0 Å². The molecule has 2 saturated heterocycles. The molecule has 2 aliphatic heterocycles. The molecule has 14 heavy (non-hydrogen) atoms. The molecule has 80 valence electrons. The van der Waals surface area contributed by atoms with Gasteiger partial charge in [-0.25, -0.2) is 8.42 Å². The Morgan fingerprint density at radius 1 is 1.14 bits per heavy atom. The minimum absolute atomic E-state index is 0.114. The monoisotopic (exact) mass is 217 g/mol. The van der Waals surface area contributed by atoms with Crippen LogP contribution in [0.15, 0.2) is 0 Å². The number of rotatable bonds is 1. The lowest BCUT2D eigenvalue weighted by molar-refractivity contribution is -0.119. The average Bonchev–Trinajstić information content (AvgIpc) is 2.52. The molecule has 0 aromatic carbocycles. The van der Waals surface area contributed by atoms with Crippen molar-refractivity contribution in [3.05, 3.63) is 0 Å². The maximum atomic E-state index is 11.2. The molecule has 4 nitrogen and oxygen atoms in total. The predicted molar refractivity (Wildman–Crippen MR) is 52.5 cm³/mol. The van der Waals surface area contributed by atoms with E-state index >= 15 is 0 Å². The molecular formula is C9H15NO3S. The Kier molecular flexibility index (Phi) is 2.51. The van der Waals surface area contributed by atoms with Crippen LogP contribution in [-0.2, 0) is 14.6 Å². The second kappa shape index (κ2) is 3.53. The largest absolute Gasteiger partial charge is 0.353 e. The molecular weight excluding hydrogens is 202 g/mol. The number of carbonyl (C=O) groups is 1. The lowest BCUT2D eigenvalue weighted by atomic mass is 9.93. The maximum absolute atomic E-state index is 11.2. The number of amides is 1. The van der Waals surface area contributed by atoms with E-state index < -0.39 is 9.84 Å². The summed E-state index contributed by atoms with van der Waals surface area (Å²) in [7, 11) is -2.77. The lowest BCUT2D eigenvalue weighted by Crippen LogP contribution is -2.37. The van der Waals surface area contributed by atoms with Gasteiger partial charge in [0, 0.05) is 12.5 Å². The SMILES string of the molecule is O=C1CCC(C2CCS(=O)(=O)CC2)N1. The van der Waals surface area contributed by atoms with Crippen molar-refractivity contribution >= 4 is 15.7 Å². The highest BCUT2D eigenvalue weighted by molar-refractivity contribution is 7.91. The fraction of sp³-hybridized carbons (Fsp3) is 0.889. The Balaban J connectivity index is 1.92. The molecule has 2 rings (SSSR count). The van der Waals surface area contributed by atoms with E-state index in [4.69, 9.17) is 0 Å². The highest BCUT2D eigenvalue weighted by atomic mass is 32.2. The van der Waals surface area contributed by atoms with Crippen molar-refractivity contribution in [3.63, 3.8) is 0 Å². The van der Waals surface area contributed by atoms with Crippen LogP contribution in [0.5, 0.6) is 0 Å². The van der Waals surface area contributed by atoms with Crippen LogP contribution in [0.3, 0.4) is 0 Å². The zero-order valence-electron chi connectivity index (χ0n) is 8.03. The van der Waals surface area contributed by atoms with Crippen LogP contribution in [0.25, 0.3) is 0 Å². The first-order valence-corrected chi connectivity index (χ1v) is 6.89. The van der Waals surface area contributed by atoms with Crippen LogP contribution in [0.1, 0.15) is 25.7 Å². The summed E-state index contributed by atoms with van der Waals surface area (Å²) in [5.74, 6) is 1.09.